The molecule has 1 fully saturated rings. The van der Waals surface area contributed by atoms with E-state index in [1.165, 1.54) is 42.6 Å². The molecule has 0 spiro atoms. The molecule has 1 N–H and O–H groups in total. The molecule has 1 aliphatic heterocycles. The Morgan fingerprint density at radius 2 is 2.17 bits per heavy atom. The fraction of sp³-hybridized carbons (Fsp3) is 0.533. The highest BCUT2D eigenvalue weighted by molar-refractivity contribution is 5.76. The maximum absolute atomic E-state index is 4.84. The summed E-state index contributed by atoms with van der Waals surface area (Å²) in [5.41, 5.74) is 3.64. The van der Waals surface area contributed by atoms with Crippen molar-refractivity contribution >= 4 is 11.0 Å². The van der Waals surface area contributed by atoms with E-state index < -0.39 is 0 Å². The summed E-state index contributed by atoms with van der Waals surface area (Å²) in [7, 11) is 2.13. The van der Waals surface area contributed by atoms with Gasteiger partial charge < -0.3 is 9.88 Å². The second-order valence-corrected chi connectivity index (χ2v) is 5.38. The van der Waals surface area contributed by atoms with Crippen LogP contribution in [0.5, 0.6) is 0 Å². The SMILES string of the molecule is Cc1ccc2c(c1)nc(C1CCCCCN1)n2C. The van der Waals surface area contributed by atoms with Gasteiger partial charge in [-0.15, -0.1) is 0 Å². The third kappa shape index (κ3) is 2.03. The molecule has 1 aromatic carbocycles. The number of hydrogen-bond donors (Lipinski definition) is 1. The number of imidazole rings is 1. The number of benzene rings is 1. The summed E-state index contributed by atoms with van der Waals surface area (Å²) in [6.07, 6.45) is 5.14. The molecule has 3 rings (SSSR count). The van der Waals surface area contributed by atoms with Crippen molar-refractivity contribution in [3.63, 3.8) is 0 Å². The number of nitrogens with one attached hydrogen (secondary N) is 1. The molecule has 96 valence electrons. The Balaban J connectivity index is 2.02. The lowest BCUT2D eigenvalue weighted by atomic mass is 10.1. The van der Waals surface area contributed by atoms with Gasteiger partial charge in [-0.3, -0.25) is 0 Å². The summed E-state index contributed by atoms with van der Waals surface area (Å²) in [4.78, 5) is 4.84. The van der Waals surface area contributed by atoms with Gasteiger partial charge in [0.2, 0.25) is 0 Å². The van der Waals surface area contributed by atoms with E-state index in [0.717, 1.165) is 12.1 Å². The van der Waals surface area contributed by atoms with E-state index in [-0.39, 0.29) is 0 Å². The smallest absolute Gasteiger partial charge is 0.126 e. The summed E-state index contributed by atoms with van der Waals surface area (Å²) in [6.45, 7) is 3.24. The second kappa shape index (κ2) is 4.73. The van der Waals surface area contributed by atoms with Gasteiger partial charge in [-0.1, -0.05) is 18.9 Å². The molecule has 1 atom stereocenters. The van der Waals surface area contributed by atoms with Crippen LogP contribution in [0.15, 0.2) is 18.2 Å². The molecule has 18 heavy (non-hydrogen) atoms. The minimum Gasteiger partial charge on any atom is -0.330 e. The van der Waals surface area contributed by atoms with Gasteiger partial charge in [-0.05, 0) is 44.0 Å². The van der Waals surface area contributed by atoms with E-state index in [4.69, 9.17) is 4.98 Å². The summed E-state index contributed by atoms with van der Waals surface area (Å²) >= 11 is 0. The molecule has 2 aromatic rings. The minimum atomic E-state index is 0.421. The van der Waals surface area contributed by atoms with E-state index in [1.807, 2.05) is 0 Å². The molecule has 1 aromatic heterocycles. The largest absolute Gasteiger partial charge is 0.330 e. The zero-order chi connectivity index (χ0) is 12.5. The normalized spacial score (nSPS) is 21.1. The highest BCUT2D eigenvalue weighted by Crippen LogP contribution is 2.25. The summed E-state index contributed by atoms with van der Waals surface area (Å²) in [5.74, 6) is 1.19. The number of rotatable bonds is 1. The first kappa shape index (κ1) is 11.7. The van der Waals surface area contributed by atoms with Crippen LogP contribution in [0.2, 0.25) is 0 Å². The standard InChI is InChI=1S/C15H21N3/c1-11-7-8-14-13(10-11)17-15(18(14)2)12-6-4-3-5-9-16-12/h7-8,10,12,16H,3-6,9H2,1-2H3. The van der Waals surface area contributed by atoms with Crippen LogP contribution in [0.1, 0.15) is 43.1 Å². The van der Waals surface area contributed by atoms with Crippen molar-refractivity contribution in [2.75, 3.05) is 6.54 Å². The molecule has 1 aliphatic rings. The fourth-order valence-corrected chi connectivity index (χ4v) is 2.89. The number of aryl methyl sites for hydroxylation is 2. The average molecular weight is 243 g/mol. The van der Waals surface area contributed by atoms with Crippen LogP contribution in [-0.4, -0.2) is 16.1 Å². The number of fused-ring (bicyclic) bond motifs is 1. The van der Waals surface area contributed by atoms with Gasteiger partial charge in [0.25, 0.3) is 0 Å². The lowest BCUT2D eigenvalue weighted by Crippen LogP contribution is -2.23. The first-order valence-electron chi connectivity index (χ1n) is 6.92. The van der Waals surface area contributed by atoms with Gasteiger partial charge in [-0.2, -0.15) is 0 Å². The van der Waals surface area contributed by atoms with Crippen LogP contribution >= 0.6 is 0 Å². The Kier molecular flexibility index (Phi) is 3.08. The zero-order valence-corrected chi connectivity index (χ0v) is 11.2. The Morgan fingerprint density at radius 3 is 3.06 bits per heavy atom. The van der Waals surface area contributed by atoms with Gasteiger partial charge in [0.05, 0.1) is 17.1 Å². The summed E-state index contributed by atoms with van der Waals surface area (Å²) in [6, 6.07) is 6.94. The quantitative estimate of drug-likeness (QED) is 0.834. The third-order valence-electron chi connectivity index (χ3n) is 3.94. The molecule has 0 amide bonds. The second-order valence-electron chi connectivity index (χ2n) is 5.38. The lowest BCUT2D eigenvalue weighted by Gasteiger charge is -2.15. The van der Waals surface area contributed by atoms with Gasteiger partial charge >= 0.3 is 0 Å². The summed E-state index contributed by atoms with van der Waals surface area (Å²) < 4.78 is 2.25. The Labute approximate surface area is 108 Å². The van der Waals surface area contributed by atoms with E-state index in [2.05, 4.69) is 42.1 Å². The molecule has 2 heterocycles. The molecular weight excluding hydrogens is 222 g/mol. The van der Waals surface area contributed by atoms with Gasteiger partial charge in [0, 0.05) is 7.05 Å². The molecule has 0 aliphatic carbocycles. The van der Waals surface area contributed by atoms with E-state index >= 15 is 0 Å². The molecule has 1 unspecified atom stereocenters. The maximum Gasteiger partial charge on any atom is 0.126 e. The van der Waals surface area contributed by atoms with Crippen molar-refractivity contribution in [2.45, 2.75) is 38.6 Å². The predicted octanol–water partition coefficient (Wildman–Crippen LogP) is 3.09. The van der Waals surface area contributed by atoms with Crippen LogP contribution in [-0.2, 0) is 7.05 Å². The average Bonchev–Trinajstić information content (AvgIpc) is 2.57. The predicted molar refractivity (Wildman–Crippen MR) is 74.7 cm³/mol. The Bertz CT molecular complexity index is 548. The van der Waals surface area contributed by atoms with Crippen LogP contribution in [0.4, 0.5) is 0 Å². The van der Waals surface area contributed by atoms with Crippen molar-refractivity contribution in [2.24, 2.45) is 7.05 Å². The van der Waals surface area contributed by atoms with Crippen molar-refractivity contribution in [3.05, 3.63) is 29.6 Å². The van der Waals surface area contributed by atoms with Crippen molar-refractivity contribution < 1.29 is 0 Å². The van der Waals surface area contributed by atoms with Crippen LogP contribution < -0.4 is 5.32 Å². The van der Waals surface area contributed by atoms with E-state index in [0.29, 0.717) is 6.04 Å². The zero-order valence-electron chi connectivity index (χ0n) is 11.2. The highest BCUT2D eigenvalue weighted by Gasteiger charge is 2.19. The molecule has 3 nitrogen and oxygen atoms in total. The van der Waals surface area contributed by atoms with Crippen molar-refractivity contribution in [3.8, 4) is 0 Å². The minimum absolute atomic E-state index is 0.421. The van der Waals surface area contributed by atoms with Gasteiger partial charge in [0.1, 0.15) is 5.82 Å². The van der Waals surface area contributed by atoms with Crippen LogP contribution in [0.25, 0.3) is 11.0 Å². The maximum atomic E-state index is 4.84. The fourth-order valence-electron chi connectivity index (χ4n) is 2.89. The topological polar surface area (TPSA) is 29.9 Å². The van der Waals surface area contributed by atoms with Crippen LogP contribution in [0, 0.1) is 6.92 Å². The Hall–Kier alpha value is -1.35. The molecule has 1 saturated heterocycles. The first-order valence-corrected chi connectivity index (χ1v) is 6.92. The van der Waals surface area contributed by atoms with Crippen molar-refractivity contribution in [1.82, 2.24) is 14.9 Å². The van der Waals surface area contributed by atoms with E-state index in [1.54, 1.807) is 0 Å². The first-order chi connectivity index (χ1) is 8.75. The monoisotopic (exact) mass is 243 g/mol. The molecular formula is C15H21N3. The lowest BCUT2D eigenvalue weighted by molar-refractivity contribution is 0.496. The Morgan fingerprint density at radius 1 is 1.28 bits per heavy atom. The third-order valence-corrected chi connectivity index (χ3v) is 3.94. The molecule has 0 radical (unpaired) electrons. The van der Waals surface area contributed by atoms with Crippen molar-refractivity contribution in [1.29, 1.82) is 0 Å². The number of aromatic nitrogens is 2. The van der Waals surface area contributed by atoms with Gasteiger partial charge in [0.15, 0.2) is 0 Å². The summed E-state index contributed by atoms with van der Waals surface area (Å²) in [5, 5.41) is 3.63. The number of hydrogen-bond acceptors (Lipinski definition) is 2. The van der Waals surface area contributed by atoms with Gasteiger partial charge in [-0.25, -0.2) is 4.98 Å². The highest BCUT2D eigenvalue weighted by atomic mass is 15.1. The molecule has 3 heteroatoms. The van der Waals surface area contributed by atoms with Crippen LogP contribution in [0.3, 0.4) is 0 Å². The van der Waals surface area contributed by atoms with E-state index in [9.17, 15) is 0 Å². The molecule has 0 saturated carbocycles. The molecule has 0 bridgehead atoms. The number of nitrogens with zero attached hydrogens (tertiary/aromatic N) is 2.